The summed E-state index contributed by atoms with van der Waals surface area (Å²) in [6, 6.07) is 1.24. The van der Waals surface area contributed by atoms with Gasteiger partial charge in [0.1, 0.15) is 0 Å². The molecule has 1 saturated carbocycles. The van der Waals surface area contributed by atoms with Crippen molar-refractivity contribution in [2.45, 2.75) is 32.4 Å². The molecule has 2 rings (SSSR count). The van der Waals surface area contributed by atoms with Crippen LogP contribution in [0.5, 0.6) is 0 Å². The molecule has 0 amide bonds. The molecule has 0 spiro atoms. The van der Waals surface area contributed by atoms with E-state index in [0.717, 1.165) is 6.04 Å². The molecule has 0 bridgehead atoms. The van der Waals surface area contributed by atoms with Crippen molar-refractivity contribution >= 4 is 0 Å². The number of nitrogens with zero attached hydrogens (tertiary/aromatic N) is 1. The van der Waals surface area contributed by atoms with Crippen LogP contribution in [0.4, 0.5) is 0 Å². The first-order valence-corrected chi connectivity index (χ1v) is 4.08. The van der Waals surface area contributed by atoms with Gasteiger partial charge in [-0.25, -0.2) is 0 Å². The minimum Gasteiger partial charge on any atom is -0.326 e. The maximum absolute atomic E-state index is 5.72. The summed E-state index contributed by atoms with van der Waals surface area (Å²) in [4.78, 5) is 2.50. The monoisotopic (exact) mass is 140 g/mol. The molecule has 10 heavy (non-hydrogen) atoms. The van der Waals surface area contributed by atoms with Crippen LogP contribution in [0.3, 0.4) is 0 Å². The van der Waals surface area contributed by atoms with E-state index < -0.39 is 0 Å². The highest BCUT2D eigenvalue weighted by atomic mass is 15.3. The Morgan fingerprint density at radius 2 is 1.90 bits per heavy atom. The third-order valence-electron chi connectivity index (χ3n) is 2.54. The first-order valence-electron chi connectivity index (χ1n) is 4.08. The van der Waals surface area contributed by atoms with Gasteiger partial charge in [-0.1, -0.05) is 13.8 Å². The quantitative estimate of drug-likeness (QED) is 0.572. The highest BCUT2D eigenvalue weighted by molar-refractivity contribution is 5.04. The lowest BCUT2D eigenvalue weighted by atomic mass is 9.84. The highest BCUT2D eigenvalue weighted by Crippen LogP contribution is 2.37. The molecule has 58 valence electrons. The topological polar surface area (TPSA) is 29.3 Å². The molecule has 0 aromatic carbocycles. The molecule has 2 N–H and O–H groups in total. The molecule has 2 atom stereocenters. The normalized spacial score (nSPS) is 44.7. The molecular formula is C8H16N2. The van der Waals surface area contributed by atoms with Gasteiger partial charge >= 0.3 is 0 Å². The highest BCUT2D eigenvalue weighted by Gasteiger charge is 2.46. The van der Waals surface area contributed by atoms with E-state index >= 15 is 0 Å². The molecule has 2 unspecified atom stereocenters. The largest absolute Gasteiger partial charge is 0.326 e. The number of nitrogens with two attached hydrogens (primary N) is 1. The Balaban J connectivity index is 1.81. The Morgan fingerprint density at radius 1 is 1.40 bits per heavy atom. The van der Waals surface area contributed by atoms with Gasteiger partial charge in [0.25, 0.3) is 0 Å². The van der Waals surface area contributed by atoms with Crippen LogP contribution in [0.1, 0.15) is 20.3 Å². The molecule has 1 saturated heterocycles. The van der Waals surface area contributed by atoms with E-state index in [4.69, 9.17) is 5.73 Å². The van der Waals surface area contributed by atoms with E-state index in [0.29, 0.717) is 11.5 Å². The summed E-state index contributed by atoms with van der Waals surface area (Å²) >= 11 is 0. The van der Waals surface area contributed by atoms with Gasteiger partial charge in [0.15, 0.2) is 0 Å². The van der Waals surface area contributed by atoms with Crippen molar-refractivity contribution in [1.29, 1.82) is 0 Å². The average Bonchev–Trinajstić information content (AvgIpc) is 2.40. The number of likely N-dealkylation sites (tertiary alicyclic amines) is 1. The van der Waals surface area contributed by atoms with Crippen molar-refractivity contribution in [3.05, 3.63) is 0 Å². The van der Waals surface area contributed by atoms with Gasteiger partial charge in [-0.15, -0.1) is 0 Å². The van der Waals surface area contributed by atoms with E-state index in [1.807, 2.05) is 0 Å². The van der Waals surface area contributed by atoms with Crippen molar-refractivity contribution in [2.75, 3.05) is 13.1 Å². The molecule has 2 nitrogen and oxygen atoms in total. The predicted molar refractivity (Wildman–Crippen MR) is 41.7 cm³/mol. The number of rotatable bonds is 1. The summed E-state index contributed by atoms with van der Waals surface area (Å²) in [6.45, 7) is 7.14. The van der Waals surface area contributed by atoms with Crippen molar-refractivity contribution in [2.24, 2.45) is 11.1 Å². The minimum atomic E-state index is 0.496. The predicted octanol–water partition coefficient (Wildman–Crippen LogP) is 0.428. The zero-order chi connectivity index (χ0) is 7.35. The number of hydrogen-bond donors (Lipinski definition) is 1. The third kappa shape index (κ3) is 0.956. The molecule has 2 fully saturated rings. The maximum Gasteiger partial charge on any atom is 0.0263 e. The lowest BCUT2D eigenvalue weighted by molar-refractivity contribution is 0.0225. The van der Waals surface area contributed by atoms with Gasteiger partial charge in [0, 0.05) is 25.2 Å². The van der Waals surface area contributed by atoms with Gasteiger partial charge in [0.05, 0.1) is 0 Å². The average molecular weight is 140 g/mol. The van der Waals surface area contributed by atoms with Crippen LogP contribution in [0, 0.1) is 5.41 Å². The molecule has 2 aliphatic rings. The summed E-state index contributed by atoms with van der Waals surface area (Å²) < 4.78 is 0. The Kier molecular flexibility index (Phi) is 1.15. The standard InChI is InChI=1S/C8H16N2/c1-8(2)4-10(5-8)7-3-6(7)9/h6-7H,3-5,9H2,1-2H3. The molecule has 0 radical (unpaired) electrons. The molecule has 0 aromatic heterocycles. The van der Waals surface area contributed by atoms with Crippen LogP contribution in [0.2, 0.25) is 0 Å². The Labute approximate surface area is 62.4 Å². The molecular weight excluding hydrogens is 124 g/mol. The second-order valence-electron chi connectivity index (χ2n) is 4.54. The first-order chi connectivity index (χ1) is 4.58. The van der Waals surface area contributed by atoms with E-state index in [1.54, 1.807) is 0 Å². The van der Waals surface area contributed by atoms with Crippen molar-refractivity contribution in [3.63, 3.8) is 0 Å². The molecule has 0 aromatic rings. The summed E-state index contributed by atoms with van der Waals surface area (Å²) in [7, 11) is 0. The summed E-state index contributed by atoms with van der Waals surface area (Å²) in [5.74, 6) is 0. The molecule has 2 heteroatoms. The van der Waals surface area contributed by atoms with Crippen molar-refractivity contribution < 1.29 is 0 Å². The summed E-state index contributed by atoms with van der Waals surface area (Å²) in [5.41, 5.74) is 6.30. The smallest absolute Gasteiger partial charge is 0.0263 e. The fourth-order valence-corrected chi connectivity index (χ4v) is 1.91. The maximum atomic E-state index is 5.72. The summed E-state index contributed by atoms with van der Waals surface area (Å²) in [5, 5.41) is 0. The fourth-order valence-electron chi connectivity index (χ4n) is 1.91. The van der Waals surface area contributed by atoms with Crippen molar-refractivity contribution in [1.82, 2.24) is 4.90 Å². The van der Waals surface area contributed by atoms with Crippen LogP contribution < -0.4 is 5.73 Å². The Bertz CT molecular complexity index is 145. The molecule has 1 aliphatic heterocycles. The summed E-state index contributed by atoms with van der Waals surface area (Å²) in [6.07, 6.45) is 1.23. The van der Waals surface area contributed by atoms with E-state index in [9.17, 15) is 0 Å². The second-order valence-corrected chi connectivity index (χ2v) is 4.54. The van der Waals surface area contributed by atoms with Gasteiger partial charge in [-0.3, -0.25) is 4.90 Å². The lowest BCUT2D eigenvalue weighted by Gasteiger charge is -2.46. The van der Waals surface area contributed by atoms with Gasteiger partial charge in [0.2, 0.25) is 0 Å². The third-order valence-corrected chi connectivity index (χ3v) is 2.54. The minimum absolute atomic E-state index is 0.496. The fraction of sp³-hybridized carbons (Fsp3) is 1.00. The van der Waals surface area contributed by atoms with E-state index in [-0.39, 0.29) is 0 Å². The van der Waals surface area contributed by atoms with Crippen LogP contribution in [-0.2, 0) is 0 Å². The van der Waals surface area contributed by atoms with Gasteiger partial charge in [-0.2, -0.15) is 0 Å². The van der Waals surface area contributed by atoms with Gasteiger partial charge < -0.3 is 5.73 Å². The Hall–Kier alpha value is -0.0800. The van der Waals surface area contributed by atoms with Crippen LogP contribution in [0.25, 0.3) is 0 Å². The van der Waals surface area contributed by atoms with Crippen LogP contribution in [-0.4, -0.2) is 30.1 Å². The zero-order valence-corrected chi connectivity index (χ0v) is 6.80. The number of hydrogen-bond acceptors (Lipinski definition) is 2. The zero-order valence-electron chi connectivity index (χ0n) is 6.80. The van der Waals surface area contributed by atoms with Crippen LogP contribution in [0.15, 0.2) is 0 Å². The molecule has 1 aliphatic carbocycles. The van der Waals surface area contributed by atoms with Gasteiger partial charge in [-0.05, 0) is 11.8 Å². The SMILES string of the molecule is CC1(C)CN(C2CC2N)C1. The van der Waals surface area contributed by atoms with E-state index in [2.05, 4.69) is 18.7 Å². The van der Waals surface area contributed by atoms with Crippen molar-refractivity contribution in [3.8, 4) is 0 Å². The molecule has 1 heterocycles. The lowest BCUT2D eigenvalue weighted by Crippen LogP contribution is -2.54. The van der Waals surface area contributed by atoms with Crippen LogP contribution >= 0.6 is 0 Å². The Morgan fingerprint density at radius 3 is 2.20 bits per heavy atom. The second kappa shape index (κ2) is 1.74. The van der Waals surface area contributed by atoms with E-state index in [1.165, 1.54) is 19.5 Å². The first kappa shape index (κ1) is 6.62.